The molecular weight excluding hydrogens is 368 g/mol. The second kappa shape index (κ2) is 6.88. The summed E-state index contributed by atoms with van der Waals surface area (Å²) < 4.78 is 27.4. The highest BCUT2D eigenvalue weighted by Gasteiger charge is 2.33. The van der Waals surface area contributed by atoms with E-state index in [1.807, 2.05) is 4.90 Å². The van der Waals surface area contributed by atoms with Crippen LogP contribution in [-0.2, 0) is 19.6 Å². The van der Waals surface area contributed by atoms with Crippen molar-refractivity contribution in [3.63, 3.8) is 0 Å². The van der Waals surface area contributed by atoms with Gasteiger partial charge in [0.25, 0.3) is 0 Å². The van der Waals surface area contributed by atoms with Gasteiger partial charge in [0.05, 0.1) is 17.4 Å². The SMILES string of the molecule is C[C@H]1C(=O)Nc2ccc(S(=O)(=O)N3CCN(CC(=O)NC4CC4)CC3)cc21. The lowest BCUT2D eigenvalue weighted by Gasteiger charge is -2.33. The molecule has 8 nitrogen and oxygen atoms in total. The molecule has 27 heavy (non-hydrogen) atoms. The van der Waals surface area contributed by atoms with Crippen molar-refractivity contribution in [3.05, 3.63) is 23.8 Å². The predicted molar refractivity (Wildman–Crippen MR) is 99.9 cm³/mol. The molecule has 9 heteroatoms. The van der Waals surface area contributed by atoms with Crippen LogP contribution in [0.15, 0.2) is 23.1 Å². The van der Waals surface area contributed by atoms with E-state index in [0.717, 1.165) is 18.4 Å². The number of hydrogen-bond acceptors (Lipinski definition) is 5. The van der Waals surface area contributed by atoms with Crippen molar-refractivity contribution < 1.29 is 18.0 Å². The summed E-state index contributed by atoms with van der Waals surface area (Å²) >= 11 is 0. The Bertz CT molecular complexity index is 873. The molecule has 0 unspecified atom stereocenters. The number of hydrogen-bond donors (Lipinski definition) is 2. The first-order chi connectivity index (χ1) is 12.8. The van der Waals surface area contributed by atoms with Crippen molar-refractivity contribution in [2.75, 3.05) is 38.0 Å². The molecule has 3 aliphatic rings. The van der Waals surface area contributed by atoms with E-state index in [1.54, 1.807) is 25.1 Å². The van der Waals surface area contributed by atoms with Crippen LogP contribution in [0.25, 0.3) is 0 Å². The molecule has 0 radical (unpaired) electrons. The molecule has 0 aromatic heterocycles. The Balaban J connectivity index is 1.40. The maximum atomic E-state index is 13.0. The molecule has 0 bridgehead atoms. The van der Waals surface area contributed by atoms with E-state index in [4.69, 9.17) is 0 Å². The van der Waals surface area contributed by atoms with E-state index < -0.39 is 10.0 Å². The largest absolute Gasteiger partial charge is 0.352 e. The number of piperazine rings is 1. The lowest BCUT2D eigenvalue weighted by molar-refractivity contribution is -0.122. The number of nitrogens with one attached hydrogen (secondary N) is 2. The number of carbonyl (C=O) groups excluding carboxylic acids is 2. The first kappa shape index (κ1) is 18.4. The van der Waals surface area contributed by atoms with Crippen molar-refractivity contribution in [1.82, 2.24) is 14.5 Å². The van der Waals surface area contributed by atoms with Gasteiger partial charge in [0, 0.05) is 37.9 Å². The Hall–Kier alpha value is -1.97. The van der Waals surface area contributed by atoms with Crippen LogP contribution in [0.5, 0.6) is 0 Å². The molecule has 146 valence electrons. The molecule has 2 aliphatic heterocycles. The third-order valence-corrected chi connectivity index (χ3v) is 7.31. The van der Waals surface area contributed by atoms with Crippen LogP contribution in [0.4, 0.5) is 5.69 Å². The van der Waals surface area contributed by atoms with Gasteiger partial charge in [-0.25, -0.2) is 8.42 Å². The zero-order chi connectivity index (χ0) is 19.2. The number of carbonyl (C=O) groups is 2. The summed E-state index contributed by atoms with van der Waals surface area (Å²) in [6.45, 7) is 3.83. The Morgan fingerprint density at radius 3 is 2.59 bits per heavy atom. The maximum Gasteiger partial charge on any atom is 0.243 e. The zero-order valence-electron chi connectivity index (χ0n) is 15.3. The molecule has 1 saturated heterocycles. The normalized spacial score (nSPS) is 23.7. The van der Waals surface area contributed by atoms with E-state index in [9.17, 15) is 18.0 Å². The average Bonchev–Trinajstić information content (AvgIpc) is 3.40. The standard InChI is InChI=1S/C18H24N4O4S/c1-12-15-10-14(4-5-16(15)20-18(12)24)27(25,26)22-8-6-21(7-9-22)11-17(23)19-13-2-3-13/h4-5,10,12-13H,2-3,6-9,11H2,1H3,(H,19,23)(H,20,24)/t12-/m1/s1. The summed E-state index contributed by atoms with van der Waals surface area (Å²) in [6.07, 6.45) is 2.11. The fourth-order valence-electron chi connectivity index (χ4n) is 3.54. The van der Waals surface area contributed by atoms with Crippen molar-refractivity contribution in [3.8, 4) is 0 Å². The van der Waals surface area contributed by atoms with Crippen LogP contribution in [0.1, 0.15) is 31.2 Å². The zero-order valence-corrected chi connectivity index (χ0v) is 16.1. The van der Waals surface area contributed by atoms with Gasteiger partial charge in [-0.3, -0.25) is 14.5 Å². The number of nitrogens with zero attached hydrogens (tertiary/aromatic N) is 2. The Morgan fingerprint density at radius 1 is 1.22 bits per heavy atom. The lowest BCUT2D eigenvalue weighted by Crippen LogP contribution is -2.51. The molecular formula is C18H24N4O4S. The maximum absolute atomic E-state index is 13.0. The smallest absolute Gasteiger partial charge is 0.243 e. The molecule has 1 aliphatic carbocycles. The van der Waals surface area contributed by atoms with Gasteiger partial charge in [0.2, 0.25) is 21.8 Å². The van der Waals surface area contributed by atoms with Crippen LogP contribution in [0.2, 0.25) is 0 Å². The summed E-state index contributed by atoms with van der Waals surface area (Å²) in [7, 11) is -3.62. The molecule has 1 aromatic carbocycles. The quantitative estimate of drug-likeness (QED) is 0.752. The summed E-state index contributed by atoms with van der Waals surface area (Å²) in [4.78, 5) is 25.9. The van der Waals surface area contributed by atoms with Crippen LogP contribution >= 0.6 is 0 Å². The topological polar surface area (TPSA) is 98.8 Å². The first-order valence-electron chi connectivity index (χ1n) is 9.31. The number of rotatable bonds is 5. The molecule has 2 amide bonds. The predicted octanol–water partition coefficient (Wildman–Crippen LogP) is 0.327. The van der Waals surface area contributed by atoms with Gasteiger partial charge in [0.1, 0.15) is 0 Å². The Kier molecular flexibility index (Phi) is 4.69. The van der Waals surface area contributed by atoms with Crippen LogP contribution < -0.4 is 10.6 Å². The van der Waals surface area contributed by atoms with Gasteiger partial charge >= 0.3 is 0 Å². The van der Waals surface area contributed by atoms with Crippen molar-refractivity contribution >= 4 is 27.5 Å². The van der Waals surface area contributed by atoms with E-state index in [1.165, 1.54) is 4.31 Å². The van der Waals surface area contributed by atoms with E-state index in [0.29, 0.717) is 44.5 Å². The van der Waals surface area contributed by atoms with Crippen LogP contribution in [-0.4, -0.2) is 68.2 Å². The second-order valence-electron chi connectivity index (χ2n) is 7.48. The molecule has 1 atom stereocenters. The molecule has 2 heterocycles. The monoisotopic (exact) mass is 392 g/mol. The average molecular weight is 392 g/mol. The van der Waals surface area contributed by atoms with E-state index >= 15 is 0 Å². The first-order valence-corrected chi connectivity index (χ1v) is 10.8. The van der Waals surface area contributed by atoms with Gasteiger partial charge in [-0.05, 0) is 43.5 Å². The fourth-order valence-corrected chi connectivity index (χ4v) is 4.99. The number of amides is 2. The lowest BCUT2D eigenvalue weighted by atomic mass is 10.0. The van der Waals surface area contributed by atoms with Crippen molar-refractivity contribution in [2.24, 2.45) is 0 Å². The molecule has 2 fully saturated rings. The summed E-state index contributed by atoms with van der Waals surface area (Å²) in [5.41, 5.74) is 1.40. The molecule has 1 saturated carbocycles. The number of anilines is 1. The fraction of sp³-hybridized carbons (Fsp3) is 0.556. The third kappa shape index (κ3) is 3.71. The van der Waals surface area contributed by atoms with Crippen LogP contribution in [0.3, 0.4) is 0 Å². The summed E-state index contributed by atoms with van der Waals surface area (Å²) in [5, 5.41) is 5.71. The van der Waals surface area contributed by atoms with Gasteiger partial charge in [-0.15, -0.1) is 0 Å². The number of benzene rings is 1. The second-order valence-corrected chi connectivity index (χ2v) is 9.42. The highest BCUT2D eigenvalue weighted by atomic mass is 32.2. The highest BCUT2D eigenvalue weighted by Crippen LogP contribution is 2.34. The number of fused-ring (bicyclic) bond motifs is 1. The van der Waals surface area contributed by atoms with Gasteiger partial charge in [-0.1, -0.05) is 0 Å². The van der Waals surface area contributed by atoms with Crippen molar-refractivity contribution in [1.29, 1.82) is 0 Å². The molecule has 0 spiro atoms. The Morgan fingerprint density at radius 2 is 1.93 bits per heavy atom. The Labute approximate surface area is 158 Å². The molecule has 2 N–H and O–H groups in total. The van der Waals surface area contributed by atoms with E-state index in [2.05, 4.69) is 10.6 Å². The van der Waals surface area contributed by atoms with Crippen molar-refractivity contribution in [2.45, 2.75) is 36.6 Å². The van der Waals surface area contributed by atoms with Crippen LogP contribution in [0, 0.1) is 0 Å². The number of sulfonamides is 1. The minimum Gasteiger partial charge on any atom is -0.352 e. The minimum atomic E-state index is -3.62. The summed E-state index contributed by atoms with van der Waals surface area (Å²) in [6, 6.07) is 5.13. The summed E-state index contributed by atoms with van der Waals surface area (Å²) in [5.74, 6) is -0.451. The third-order valence-electron chi connectivity index (χ3n) is 5.42. The van der Waals surface area contributed by atoms with Gasteiger partial charge in [0.15, 0.2) is 0 Å². The minimum absolute atomic E-state index is 0.0126. The van der Waals surface area contributed by atoms with Gasteiger partial charge < -0.3 is 10.6 Å². The molecule has 4 rings (SSSR count). The van der Waals surface area contributed by atoms with Gasteiger partial charge in [-0.2, -0.15) is 4.31 Å². The highest BCUT2D eigenvalue weighted by molar-refractivity contribution is 7.89. The molecule has 1 aromatic rings. The van der Waals surface area contributed by atoms with E-state index in [-0.39, 0.29) is 22.6 Å².